The molecule has 12 heteroatoms. The number of carbonyl (C=O) groups is 1. The number of amides is 1. The molecule has 0 N–H and O–H groups in total. The van der Waals surface area contributed by atoms with Crippen LogP contribution in [0.15, 0.2) is 30.7 Å². The molecule has 0 aliphatic heterocycles. The van der Waals surface area contributed by atoms with Gasteiger partial charge in [-0.1, -0.05) is 11.6 Å². The van der Waals surface area contributed by atoms with E-state index >= 15 is 0 Å². The minimum atomic E-state index is -5.60. The van der Waals surface area contributed by atoms with Crippen molar-refractivity contribution in [1.82, 2.24) is 14.8 Å². The molecule has 2 heterocycles. The van der Waals surface area contributed by atoms with E-state index in [1.165, 1.54) is 30.2 Å². The lowest BCUT2D eigenvalue weighted by Gasteiger charge is -2.26. The number of pyridine rings is 1. The predicted octanol–water partition coefficient (Wildman–Crippen LogP) is 4.40. The molecule has 0 spiro atoms. The van der Waals surface area contributed by atoms with Crippen LogP contribution in [0.2, 0.25) is 5.15 Å². The van der Waals surface area contributed by atoms with Crippen LogP contribution in [0.5, 0.6) is 0 Å². The Morgan fingerprint density at radius 1 is 1.26 bits per heavy atom. The van der Waals surface area contributed by atoms with Gasteiger partial charge in [0.1, 0.15) is 5.69 Å². The predicted molar refractivity (Wildman–Crippen MR) is 84.6 cm³/mol. The van der Waals surface area contributed by atoms with Crippen LogP contribution in [0, 0.1) is 5.92 Å². The van der Waals surface area contributed by atoms with Crippen molar-refractivity contribution in [2.24, 2.45) is 5.92 Å². The van der Waals surface area contributed by atoms with E-state index < -0.39 is 30.6 Å². The summed E-state index contributed by atoms with van der Waals surface area (Å²) in [6.45, 7) is 1.20. The van der Waals surface area contributed by atoms with Gasteiger partial charge in [-0.3, -0.25) is 9.78 Å². The number of alkyl halides is 6. The molecule has 5 nitrogen and oxygen atoms in total. The summed E-state index contributed by atoms with van der Waals surface area (Å²) in [5, 5.41) is 3.67. The van der Waals surface area contributed by atoms with E-state index in [1.54, 1.807) is 12.1 Å². The van der Waals surface area contributed by atoms with Gasteiger partial charge in [-0.2, -0.15) is 31.4 Å². The van der Waals surface area contributed by atoms with Crippen molar-refractivity contribution in [1.29, 1.82) is 0 Å². The molecule has 0 saturated carbocycles. The van der Waals surface area contributed by atoms with Gasteiger partial charge in [-0.15, -0.1) is 0 Å². The molecule has 2 aromatic heterocycles. The summed E-state index contributed by atoms with van der Waals surface area (Å²) in [6, 6.07) is 3.19. The summed E-state index contributed by atoms with van der Waals surface area (Å²) in [7, 11) is 0. The quantitative estimate of drug-likeness (QED) is 0.681. The number of hydrogen-bond donors (Lipinski definition) is 0. The molecule has 148 valence electrons. The van der Waals surface area contributed by atoms with Crippen LogP contribution in [0.25, 0.3) is 5.69 Å². The molecule has 0 bridgehead atoms. The maximum absolute atomic E-state index is 12.7. The zero-order valence-corrected chi connectivity index (χ0v) is 14.5. The first-order valence-electron chi connectivity index (χ1n) is 7.54. The summed E-state index contributed by atoms with van der Waals surface area (Å²) in [6.07, 6.45) is -8.85. The van der Waals surface area contributed by atoms with E-state index in [-0.39, 0.29) is 17.4 Å². The van der Waals surface area contributed by atoms with Crippen molar-refractivity contribution in [2.75, 3.05) is 11.4 Å². The Balaban J connectivity index is 2.31. The highest BCUT2D eigenvalue weighted by atomic mass is 35.5. The van der Waals surface area contributed by atoms with E-state index in [2.05, 4.69) is 10.1 Å². The molecule has 2 aromatic rings. The SMILES string of the molecule is CCN(C(=O)CC(C(F)(F)F)C(F)(F)F)c1cn(-c2cccnc2)nc1Cl. The number of rotatable bonds is 5. The monoisotopic (exact) mass is 414 g/mol. The average molecular weight is 415 g/mol. The van der Waals surface area contributed by atoms with Gasteiger partial charge in [0, 0.05) is 19.2 Å². The zero-order valence-electron chi connectivity index (χ0n) is 13.7. The highest BCUT2D eigenvalue weighted by Gasteiger charge is 2.57. The van der Waals surface area contributed by atoms with Gasteiger partial charge in [-0.05, 0) is 19.1 Å². The van der Waals surface area contributed by atoms with Crippen molar-refractivity contribution in [3.05, 3.63) is 35.9 Å². The Hall–Kier alpha value is -2.30. The Morgan fingerprint density at radius 3 is 2.37 bits per heavy atom. The van der Waals surface area contributed by atoms with Crippen LogP contribution in [0.1, 0.15) is 13.3 Å². The maximum Gasteiger partial charge on any atom is 0.400 e. The van der Waals surface area contributed by atoms with E-state index in [4.69, 9.17) is 11.6 Å². The fourth-order valence-electron chi connectivity index (χ4n) is 2.33. The van der Waals surface area contributed by atoms with E-state index in [1.807, 2.05) is 0 Å². The van der Waals surface area contributed by atoms with Gasteiger partial charge in [0.15, 0.2) is 11.1 Å². The third-order valence-electron chi connectivity index (χ3n) is 3.64. The van der Waals surface area contributed by atoms with Crippen molar-refractivity contribution < 1.29 is 31.1 Å². The molecule has 0 fully saturated rings. The molecule has 0 atom stereocenters. The Bertz CT molecular complexity index is 776. The Morgan fingerprint density at radius 2 is 1.89 bits per heavy atom. The number of aromatic nitrogens is 3. The van der Waals surface area contributed by atoms with Crippen LogP contribution in [0.4, 0.5) is 32.0 Å². The first kappa shape index (κ1) is 21.0. The van der Waals surface area contributed by atoms with Crippen LogP contribution >= 0.6 is 11.6 Å². The molecule has 0 unspecified atom stereocenters. The average Bonchev–Trinajstić information content (AvgIpc) is 2.94. The van der Waals surface area contributed by atoms with Crippen LogP contribution < -0.4 is 4.90 Å². The molecule has 2 rings (SSSR count). The summed E-state index contributed by atoms with van der Waals surface area (Å²) in [4.78, 5) is 16.8. The van der Waals surface area contributed by atoms with Gasteiger partial charge < -0.3 is 4.90 Å². The smallest absolute Gasteiger partial charge is 0.308 e. The van der Waals surface area contributed by atoms with Crippen LogP contribution in [-0.2, 0) is 4.79 Å². The lowest BCUT2D eigenvalue weighted by atomic mass is 10.0. The van der Waals surface area contributed by atoms with E-state index in [0.29, 0.717) is 5.69 Å². The van der Waals surface area contributed by atoms with Crippen LogP contribution in [0.3, 0.4) is 0 Å². The van der Waals surface area contributed by atoms with Crippen molar-refractivity contribution in [3.63, 3.8) is 0 Å². The second-order valence-electron chi connectivity index (χ2n) is 5.44. The van der Waals surface area contributed by atoms with Crippen molar-refractivity contribution in [2.45, 2.75) is 25.7 Å². The molecular formula is C15H13ClF6N4O. The lowest BCUT2D eigenvalue weighted by molar-refractivity contribution is -0.284. The largest absolute Gasteiger partial charge is 0.400 e. The fourth-order valence-corrected chi connectivity index (χ4v) is 2.56. The molecule has 0 aromatic carbocycles. The molecule has 0 saturated heterocycles. The summed E-state index contributed by atoms with van der Waals surface area (Å²) >= 11 is 5.94. The maximum atomic E-state index is 12.7. The van der Waals surface area contributed by atoms with Gasteiger partial charge >= 0.3 is 12.4 Å². The number of halogens is 7. The molecular weight excluding hydrogens is 402 g/mol. The Labute approximate surface area is 154 Å². The van der Waals surface area contributed by atoms with Crippen molar-refractivity contribution in [3.8, 4) is 5.69 Å². The van der Waals surface area contributed by atoms with Gasteiger partial charge in [-0.25, -0.2) is 4.68 Å². The summed E-state index contributed by atoms with van der Waals surface area (Å²) < 4.78 is 77.5. The third kappa shape index (κ3) is 4.90. The number of anilines is 1. The zero-order chi connectivity index (χ0) is 20.4. The normalized spacial score (nSPS) is 12.5. The second kappa shape index (κ2) is 7.75. The highest BCUT2D eigenvalue weighted by molar-refractivity contribution is 6.32. The minimum Gasteiger partial charge on any atom is -0.308 e. The standard InChI is InChI=1S/C15H13ClF6N4O/c1-2-25(12(27)6-11(14(17,18)19)15(20,21)22)10-8-26(24-13(10)16)9-4-3-5-23-7-9/h3-5,7-8,11H,2,6H2,1H3. The topological polar surface area (TPSA) is 51.0 Å². The molecule has 27 heavy (non-hydrogen) atoms. The molecule has 0 aliphatic rings. The Kier molecular flexibility index (Phi) is 6.03. The molecule has 0 radical (unpaired) electrons. The van der Waals surface area contributed by atoms with E-state index in [9.17, 15) is 31.1 Å². The molecule has 1 amide bonds. The number of carbonyl (C=O) groups excluding carboxylic acids is 1. The van der Waals surface area contributed by atoms with Gasteiger partial charge in [0.2, 0.25) is 5.91 Å². The van der Waals surface area contributed by atoms with E-state index in [0.717, 1.165) is 4.90 Å². The summed E-state index contributed by atoms with van der Waals surface area (Å²) in [5.74, 6) is -5.14. The highest BCUT2D eigenvalue weighted by Crippen LogP contribution is 2.42. The lowest BCUT2D eigenvalue weighted by Crippen LogP contribution is -2.42. The second-order valence-corrected chi connectivity index (χ2v) is 5.80. The molecule has 0 aliphatic carbocycles. The third-order valence-corrected chi connectivity index (χ3v) is 3.91. The van der Waals surface area contributed by atoms with Crippen molar-refractivity contribution >= 4 is 23.2 Å². The fraction of sp³-hybridized carbons (Fsp3) is 0.400. The first-order chi connectivity index (χ1) is 12.4. The summed E-state index contributed by atoms with van der Waals surface area (Å²) in [5.41, 5.74) is 0.341. The van der Waals surface area contributed by atoms with Gasteiger partial charge in [0.05, 0.1) is 18.1 Å². The van der Waals surface area contributed by atoms with Crippen LogP contribution in [-0.4, -0.2) is 39.6 Å². The number of nitrogens with zero attached hydrogens (tertiary/aromatic N) is 4. The van der Waals surface area contributed by atoms with Gasteiger partial charge in [0.25, 0.3) is 0 Å². The minimum absolute atomic E-state index is 0.101. The first-order valence-corrected chi connectivity index (χ1v) is 7.92. The number of hydrogen-bond acceptors (Lipinski definition) is 3.